The quantitative estimate of drug-likeness (QED) is 0.750. The maximum Gasteiger partial charge on any atom is 0.115 e. The molecular weight excluding hydrogens is 160 g/mol. The molecule has 0 saturated carbocycles. The molecule has 13 heavy (non-hydrogen) atoms. The van der Waals surface area contributed by atoms with Crippen LogP contribution >= 0.6 is 0 Å². The highest BCUT2D eigenvalue weighted by molar-refractivity contribution is 5.28. The van der Waals surface area contributed by atoms with Gasteiger partial charge in [0.15, 0.2) is 0 Å². The van der Waals surface area contributed by atoms with Crippen LogP contribution in [-0.2, 0) is 0 Å². The number of aromatic hydroxyl groups is 1. The predicted molar refractivity (Wildman–Crippen MR) is 56.0 cm³/mol. The maximum absolute atomic E-state index is 9.15. The van der Waals surface area contributed by atoms with Crippen LogP contribution in [0.5, 0.6) is 5.75 Å². The number of benzene rings is 1. The Bertz CT molecular complexity index is 248. The molecule has 1 rings (SSSR count). The number of phenolic OH excluding ortho intramolecular Hbond substituents is 1. The smallest absolute Gasteiger partial charge is 0.115 e. The fourth-order valence-corrected chi connectivity index (χ4v) is 1.81. The van der Waals surface area contributed by atoms with Crippen LogP contribution in [0.3, 0.4) is 0 Å². The van der Waals surface area contributed by atoms with Crippen LogP contribution in [-0.4, -0.2) is 5.11 Å². The normalized spacial score (nSPS) is 13.2. The van der Waals surface area contributed by atoms with Crippen LogP contribution in [0.15, 0.2) is 24.3 Å². The van der Waals surface area contributed by atoms with Gasteiger partial charge in [-0.15, -0.1) is 0 Å². The molecule has 1 aromatic carbocycles. The van der Waals surface area contributed by atoms with E-state index in [4.69, 9.17) is 5.11 Å². The zero-order valence-electron chi connectivity index (χ0n) is 8.62. The van der Waals surface area contributed by atoms with E-state index >= 15 is 0 Å². The van der Waals surface area contributed by atoms with Crippen LogP contribution in [0.2, 0.25) is 0 Å². The highest BCUT2D eigenvalue weighted by Gasteiger charge is 2.12. The molecule has 72 valence electrons. The Morgan fingerprint density at radius 1 is 1.15 bits per heavy atom. The molecule has 0 spiro atoms. The van der Waals surface area contributed by atoms with Crippen molar-refractivity contribution in [2.45, 2.75) is 33.1 Å². The summed E-state index contributed by atoms with van der Waals surface area (Å²) in [7, 11) is 0. The Morgan fingerprint density at radius 3 is 2.08 bits per heavy atom. The summed E-state index contributed by atoms with van der Waals surface area (Å²) in [5.41, 5.74) is 1.33. The molecule has 1 heteroatoms. The fraction of sp³-hybridized carbons (Fsp3) is 0.500. The SMILES string of the molecule is CCC(c1ccc(O)cc1)C(C)C. The van der Waals surface area contributed by atoms with Crippen molar-refractivity contribution < 1.29 is 5.11 Å². The van der Waals surface area contributed by atoms with Gasteiger partial charge in [0.25, 0.3) is 0 Å². The van der Waals surface area contributed by atoms with Crippen LogP contribution in [0, 0.1) is 5.92 Å². The molecule has 1 aromatic rings. The maximum atomic E-state index is 9.15. The van der Waals surface area contributed by atoms with E-state index in [0.29, 0.717) is 17.6 Å². The monoisotopic (exact) mass is 178 g/mol. The summed E-state index contributed by atoms with van der Waals surface area (Å²) in [5, 5.41) is 9.15. The summed E-state index contributed by atoms with van der Waals surface area (Å²) < 4.78 is 0. The van der Waals surface area contributed by atoms with Crippen molar-refractivity contribution in [3.63, 3.8) is 0 Å². The van der Waals surface area contributed by atoms with E-state index < -0.39 is 0 Å². The first-order chi connectivity index (χ1) is 6.15. The van der Waals surface area contributed by atoms with Crippen molar-refractivity contribution in [1.29, 1.82) is 0 Å². The minimum Gasteiger partial charge on any atom is -0.508 e. The van der Waals surface area contributed by atoms with Crippen molar-refractivity contribution in [2.75, 3.05) is 0 Å². The fourth-order valence-electron chi connectivity index (χ4n) is 1.81. The summed E-state index contributed by atoms with van der Waals surface area (Å²) in [6, 6.07) is 7.56. The van der Waals surface area contributed by atoms with Gasteiger partial charge in [0.1, 0.15) is 5.75 Å². The highest BCUT2D eigenvalue weighted by atomic mass is 16.3. The molecule has 0 aromatic heterocycles. The van der Waals surface area contributed by atoms with Crippen molar-refractivity contribution in [3.05, 3.63) is 29.8 Å². The van der Waals surface area contributed by atoms with Crippen LogP contribution in [0.1, 0.15) is 38.7 Å². The van der Waals surface area contributed by atoms with Crippen LogP contribution in [0.25, 0.3) is 0 Å². The van der Waals surface area contributed by atoms with Crippen molar-refractivity contribution >= 4 is 0 Å². The van der Waals surface area contributed by atoms with Gasteiger partial charge in [-0.1, -0.05) is 32.9 Å². The molecule has 0 amide bonds. The average molecular weight is 178 g/mol. The first-order valence-corrected chi connectivity index (χ1v) is 4.94. The first-order valence-electron chi connectivity index (χ1n) is 4.94. The standard InChI is InChI=1S/C12H18O/c1-4-12(9(2)3)10-5-7-11(13)8-6-10/h5-9,12-13H,4H2,1-3H3. The first kappa shape index (κ1) is 10.1. The summed E-state index contributed by atoms with van der Waals surface area (Å²) in [6.45, 7) is 6.68. The molecule has 1 atom stereocenters. The van der Waals surface area contributed by atoms with Crippen molar-refractivity contribution in [3.8, 4) is 5.75 Å². The predicted octanol–water partition coefficient (Wildman–Crippen LogP) is 3.54. The third kappa shape index (κ3) is 2.48. The Kier molecular flexibility index (Phi) is 3.35. The molecule has 0 aliphatic heterocycles. The minimum absolute atomic E-state index is 0.349. The van der Waals surface area contributed by atoms with Gasteiger partial charge in [0.05, 0.1) is 0 Å². The van der Waals surface area contributed by atoms with Crippen LogP contribution < -0.4 is 0 Å². The summed E-state index contributed by atoms with van der Waals surface area (Å²) in [6.07, 6.45) is 1.16. The summed E-state index contributed by atoms with van der Waals surface area (Å²) in [5.74, 6) is 1.62. The molecule has 0 bridgehead atoms. The van der Waals surface area contributed by atoms with E-state index in [1.807, 2.05) is 12.1 Å². The molecule has 0 radical (unpaired) electrons. The second kappa shape index (κ2) is 4.31. The molecular formula is C12H18O. The van der Waals surface area contributed by atoms with E-state index in [1.54, 1.807) is 12.1 Å². The Labute approximate surface area is 80.4 Å². The molecule has 0 aliphatic carbocycles. The molecule has 0 aliphatic rings. The number of phenols is 1. The third-order valence-electron chi connectivity index (χ3n) is 2.57. The Balaban J connectivity index is 2.86. The molecule has 1 N–H and O–H groups in total. The van der Waals surface area contributed by atoms with Gasteiger partial charge >= 0.3 is 0 Å². The highest BCUT2D eigenvalue weighted by Crippen LogP contribution is 2.28. The van der Waals surface area contributed by atoms with Crippen molar-refractivity contribution in [2.24, 2.45) is 5.92 Å². The molecule has 1 nitrogen and oxygen atoms in total. The van der Waals surface area contributed by atoms with Crippen LogP contribution in [0.4, 0.5) is 0 Å². The molecule has 0 fully saturated rings. The largest absolute Gasteiger partial charge is 0.508 e. The van der Waals surface area contributed by atoms with Gasteiger partial charge in [-0.05, 0) is 36.0 Å². The lowest BCUT2D eigenvalue weighted by Gasteiger charge is -2.19. The lowest BCUT2D eigenvalue weighted by atomic mass is 9.86. The van der Waals surface area contributed by atoms with Crippen molar-refractivity contribution in [1.82, 2.24) is 0 Å². The molecule has 0 saturated heterocycles. The number of hydrogen-bond donors (Lipinski definition) is 1. The van der Waals surface area contributed by atoms with E-state index in [0.717, 1.165) is 6.42 Å². The van der Waals surface area contributed by atoms with Gasteiger partial charge < -0.3 is 5.11 Å². The van der Waals surface area contributed by atoms with Gasteiger partial charge in [0, 0.05) is 0 Å². The second-order valence-electron chi connectivity index (χ2n) is 3.85. The average Bonchev–Trinajstić information content (AvgIpc) is 2.09. The van der Waals surface area contributed by atoms with Gasteiger partial charge in [-0.25, -0.2) is 0 Å². The van der Waals surface area contributed by atoms with E-state index in [9.17, 15) is 0 Å². The topological polar surface area (TPSA) is 20.2 Å². The number of hydrogen-bond acceptors (Lipinski definition) is 1. The lowest BCUT2D eigenvalue weighted by Crippen LogP contribution is -2.04. The summed E-state index contributed by atoms with van der Waals surface area (Å²) in [4.78, 5) is 0. The Morgan fingerprint density at radius 2 is 1.69 bits per heavy atom. The summed E-state index contributed by atoms with van der Waals surface area (Å²) >= 11 is 0. The molecule has 1 unspecified atom stereocenters. The van der Waals surface area contributed by atoms with Gasteiger partial charge in [0.2, 0.25) is 0 Å². The lowest BCUT2D eigenvalue weighted by molar-refractivity contribution is 0.469. The van der Waals surface area contributed by atoms with E-state index in [1.165, 1.54) is 5.56 Å². The molecule has 0 heterocycles. The minimum atomic E-state index is 0.349. The van der Waals surface area contributed by atoms with Gasteiger partial charge in [-0.2, -0.15) is 0 Å². The number of rotatable bonds is 3. The van der Waals surface area contributed by atoms with E-state index in [2.05, 4.69) is 20.8 Å². The van der Waals surface area contributed by atoms with Gasteiger partial charge in [-0.3, -0.25) is 0 Å². The van der Waals surface area contributed by atoms with E-state index in [-0.39, 0.29) is 0 Å². The zero-order chi connectivity index (χ0) is 9.84. The second-order valence-corrected chi connectivity index (χ2v) is 3.85. The zero-order valence-corrected chi connectivity index (χ0v) is 8.62. The third-order valence-corrected chi connectivity index (χ3v) is 2.57. The Hall–Kier alpha value is -0.980.